The predicted molar refractivity (Wildman–Crippen MR) is 94.6 cm³/mol. The highest BCUT2D eigenvalue weighted by molar-refractivity contribution is 7.89. The number of piperidine rings is 1. The topological polar surface area (TPSA) is 72.6 Å². The van der Waals surface area contributed by atoms with Crippen LogP contribution < -0.4 is 10.5 Å². The van der Waals surface area contributed by atoms with Gasteiger partial charge in [-0.25, -0.2) is 8.42 Å². The molecule has 1 aromatic carbocycles. The van der Waals surface area contributed by atoms with Crippen molar-refractivity contribution in [2.24, 2.45) is 11.7 Å². The largest absolute Gasteiger partial charge is 0.494 e. The number of sulfonamides is 1. The fourth-order valence-electron chi connectivity index (χ4n) is 2.92. The summed E-state index contributed by atoms with van der Waals surface area (Å²) in [7, 11) is -3.50. The monoisotopic (exact) mass is 362 g/mol. The molecule has 1 aliphatic heterocycles. The van der Waals surface area contributed by atoms with Gasteiger partial charge in [-0.2, -0.15) is 4.31 Å². The highest BCUT2D eigenvalue weighted by Crippen LogP contribution is 2.29. The number of hydrogen-bond acceptors (Lipinski definition) is 4. The fraction of sp³-hybridized carbons (Fsp3) is 0.625. The van der Waals surface area contributed by atoms with Gasteiger partial charge in [0.25, 0.3) is 0 Å². The molecule has 0 saturated carbocycles. The number of rotatable bonds is 6. The van der Waals surface area contributed by atoms with Crippen molar-refractivity contribution in [2.45, 2.75) is 44.0 Å². The molecule has 0 radical (unpaired) electrons. The minimum Gasteiger partial charge on any atom is -0.494 e. The molecule has 1 fully saturated rings. The van der Waals surface area contributed by atoms with Gasteiger partial charge in [0, 0.05) is 19.1 Å². The first-order valence-corrected chi connectivity index (χ1v) is 9.39. The van der Waals surface area contributed by atoms with E-state index >= 15 is 0 Å². The molecule has 5 nitrogen and oxygen atoms in total. The highest BCUT2D eigenvalue weighted by Gasteiger charge is 2.36. The van der Waals surface area contributed by atoms with Crippen LogP contribution in [0, 0.1) is 5.92 Å². The zero-order valence-electron chi connectivity index (χ0n) is 13.8. The molecule has 2 N–H and O–H groups in total. The zero-order chi connectivity index (χ0) is 16.2. The maximum Gasteiger partial charge on any atom is 0.243 e. The summed E-state index contributed by atoms with van der Waals surface area (Å²) in [6, 6.07) is 6.55. The molecule has 7 heteroatoms. The number of hydrogen-bond donors (Lipinski definition) is 1. The van der Waals surface area contributed by atoms with E-state index in [2.05, 4.69) is 6.92 Å². The Kier molecular flexibility index (Phi) is 7.80. The molecule has 23 heavy (non-hydrogen) atoms. The van der Waals surface area contributed by atoms with Gasteiger partial charge in [0.15, 0.2) is 0 Å². The summed E-state index contributed by atoms with van der Waals surface area (Å²) in [6.45, 7) is 5.63. The summed E-state index contributed by atoms with van der Waals surface area (Å²) in [5, 5.41) is 0. The Morgan fingerprint density at radius 2 is 1.96 bits per heavy atom. The third-order valence-electron chi connectivity index (χ3n) is 4.21. The molecule has 2 unspecified atom stereocenters. The minimum absolute atomic E-state index is 0. The molecular formula is C16H27ClN2O3S. The van der Waals surface area contributed by atoms with E-state index in [1.807, 2.05) is 6.92 Å². The standard InChI is InChI=1S/C16H26N2O3S.ClH/c1-3-11-21-14-6-8-15(9-7-14)22(19,20)18-10-4-5-13(2)16(18)12-17;/h6-9,13,16H,3-5,10-12,17H2,1-2H3;1H. The second-order valence-corrected chi connectivity index (χ2v) is 7.75. The SMILES string of the molecule is CCCOc1ccc(S(=O)(=O)N2CCCC(C)C2CN)cc1.Cl. The molecule has 1 saturated heterocycles. The average molecular weight is 363 g/mol. The zero-order valence-corrected chi connectivity index (χ0v) is 15.4. The smallest absolute Gasteiger partial charge is 0.243 e. The van der Waals surface area contributed by atoms with Crippen molar-refractivity contribution >= 4 is 22.4 Å². The lowest BCUT2D eigenvalue weighted by molar-refractivity contribution is 0.192. The van der Waals surface area contributed by atoms with E-state index in [9.17, 15) is 8.42 Å². The van der Waals surface area contributed by atoms with Gasteiger partial charge >= 0.3 is 0 Å². The summed E-state index contributed by atoms with van der Waals surface area (Å²) >= 11 is 0. The maximum absolute atomic E-state index is 12.9. The number of nitrogens with zero attached hydrogens (tertiary/aromatic N) is 1. The quantitative estimate of drug-likeness (QED) is 0.844. The van der Waals surface area contributed by atoms with Crippen LogP contribution in [0.3, 0.4) is 0 Å². The van der Waals surface area contributed by atoms with Gasteiger partial charge in [0.05, 0.1) is 11.5 Å². The Labute approximate surface area is 145 Å². The highest BCUT2D eigenvalue weighted by atomic mass is 35.5. The van der Waals surface area contributed by atoms with Gasteiger partial charge < -0.3 is 10.5 Å². The minimum atomic E-state index is -3.50. The second kappa shape index (κ2) is 8.87. The summed E-state index contributed by atoms with van der Waals surface area (Å²) in [4.78, 5) is 0.309. The molecule has 1 aliphatic rings. The van der Waals surface area contributed by atoms with Crippen molar-refractivity contribution in [1.82, 2.24) is 4.31 Å². The van der Waals surface area contributed by atoms with Crippen molar-refractivity contribution < 1.29 is 13.2 Å². The lowest BCUT2D eigenvalue weighted by Gasteiger charge is -2.38. The van der Waals surface area contributed by atoms with Gasteiger partial charge in [-0.05, 0) is 49.4 Å². The Morgan fingerprint density at radius 3 is 2.52 bits per heavy atom. The maximum atomic E-state index is 12.9. The molecule has 1 aromatic rings. The van der Waals surface area contributed by atoms with Crippen molar-refractivity contribution in [1.29, 1.82) is 0 Å². The molecule has 0 bridgehead atoms. The lowest BCUT2D eigenvalue weighted by atomic mass is 9.93. The molecule has 0 spiro atoms. The fourth-order valence-corrected chi connectivity index (χ4v) is 4.69. The van der Waals surface area contributed by atoms with E-state index in [-0.39, 0.29) is 18.4 Å². The van der Waals surface area contributed by atoms with Crippen LogP contribution in [0.2, 0.25) is 0 Å². The molecule has 1 heterocycles. The second-order valence-electron chi connectivity index (χ2n) is 5.86. The van der Waals surface area contributed by atoms with Crippen molar-refractivity contribution in [3.05, 3.63) is 24.3 Å². The van der Waals surface area contributed by atoms with Gasteiger partial charge in [-0.3, -0.25) is 0 Å². The van der Waals surface area contributed by atoms with Crippen molar-refractivity contribution in [3.8, 4) is 5.75 Å². The lowest BCUT2D eigenvalue weighted by Crippen LogP contribution is -2.51. The van der Waals surface area contributed by atoms with Gasteiger partial charge in [0.1, 0.15) is 5.75 Å². The molecule has 0 aliphatic carbocycles. The van der Waals surface area contributed by atoms with Gasteiger partial charge in [-0.1, -0.05) is 13.8 Å². The van der Waals surface area contributed by atoms with E-state index in [1.54, 1.807) is 28.6 Å². The number of ether oxygens (including phenoxy) is 1. The third-order valence-corrected chi connectivity index (χ3v) is 6.15. The van der Waals surface area contributed by atoms with Crippen LogP contribution in [0.25, 0.3) is 0 Å². The van der Waals surface area contributed by atoms with Crippen molar-refractivity contribution in [3.63, 3.8) is 0 Å². The van der Waals surface area contributed by atoms with E-state index in [1.165, 1.54) is 0 Å². The van der Waals surface area contributed by atoms with Crippen LogP contribution in [0.5, 0.6) is 5.75 Å². The van der Waals surface area contributed by atoms with Crippen molar-refractivity contribution in [2.75, 3.05) is 19.7 Å². The molecule has 0 aromatic heterocycles. The van der Waals surface area contributed by atoms with Crippen LogP contribution in [0.15, 0.2) is 29.2 Å². The Morgan fingerprint density at radius 1 is 1.30 bits per heavy atom. The average Bonchev–Trinajstić information content (AvgIpc) is 2.53. The number of halogens is 1. The Hall–Kier alpha value is -0.820. The summed E-state index contributed by atoms with van der Waals surface area (Å²) < 4.78 is 32.8. The normalized spacial score (nSPS) is 22.4. The molecular weight excluding hydrogens is 336 g/mol. The first-order chi connectivity index (χ1) is 10.5. The number of nitrogens with two attached hydrogens (primary N) is 1. The van der Waals surface area contributed by atoms with Gasteiger partial charge in [-0.15, -0.1) is 12.4 Å². The van der Waals surface area contributed by atoms with E-state index in [0.717, 1.165) is 19.3 Å². The Balaban J connectivity index is 0.00000264. The van der Waals surface area contributed by atoms with Crippen LogP contribution in [-0.4, -0.2) is 38.5 Å². The number of benzene rings is 1. The van der Waals surface area contributed by atoms with Crippen LogP contribution in [-0.2, 0) is 10.0 Å². The predicted octanol–water partition coefficient (Wildman–Crippen LogP) is 2.65. The summed E-state index contributed by atoms with van der Waals surface area (Å²) in [5.41, 5.74) is 5.81. The molecule has 132 valence electrons. The third kappa shape index (κ3) is 4.59. The van der Waals surface area contributed by atoms with Crippen LogP contribution >= 0.6 is 12.4 Å². The van der Waals surface area contributed by atoms with E-state index in [0.29, 0.717) is 36.3 Å². The first kappa shape index (κ1) is 20.2. The Bertz CT molecular complexity index is 577. The molecule has 2 atom stereocenters. The molecule has 0 amide bonds. The summed E-state index contributed by atoms with van der Waals surface area (Å²) in [5.74, 6) is 0.990. The summed E-state index contributed by atoms with van der Waals surface area (Å²) in [6.07, 6.45) is 2.83. The van der Waals surface area contributed by atoms with Gasteiger partial charge in [0.2, 0.25) is 10.0 Å². The van der Waals surface area contributed by atoms with E-state index < -0.39 is 10.0 Å². The van der Waals surface area contributed by atoms with E-state index in [4.69, 9.17) is 10.5 Å². The molecule has 2 rings (SSSR count). The van der Waals surface area contributed by atoms with Crippen LogP contribution in [0.1, 0.15) is 33.1 Å². The first-order valence-electron chi connectivity index (χ1n) is 7.95. The van der Waals surface area contributed by atoms with Crippen LogP contribution in [0.4, 0.5) is 0 Å².